The predicted molar refractivity (Wildman–Crippen MR) is 91.8 cm³/mol. The molecule has 0 amide bonds. The molecule has 0 atom stereocenters. The zero-order valence-corrected chi connectivity index (χ0v) is 15.2. The first kappa shape index (κ1) is 16.3. The molecule has 4 rings (SSSR count). The third kappa shape index (κ3) is 2.83. The van der Waals surface area contributed by atoms with E-state index in [2.05, 4.69) is 54.6 Å². The zero-order valence-electron chi connectivity index (χ0n) is 14.2. The van der Waals surface area contributed by atoms with E-state index in [1.54, 1.807) is 0 Å². The minimum atomic E-state index is -0.724. The number of hydrogen-bond donors (Lipinski definition) is 1. The number of carboxylic acid groups (broad SMARTS) is 1. The summed E-state index contributed by atoms with van der Waals surface area (Å²) in [6, 6.07) is 19.4. The summed E-state index contributed by atoms with van der Waals surface area (Å²) < 4.78 is 0. The number of benzene rings is 4. The summed E-state index contributed by atoms with van der Waals surface area (Å²) in [5.41, 5.74) is 1.24. The van der Waals surface area contributed by atoms with Crippen LogP contribution < -0.4 is 29.6 Å². The van der Waals surface area contributed by atoms with E-state index in [0.29, 0.717) is 6.42 Å². The maximum atomic E-state index is 10.7. The predicted octanol–water partition coefficient (Wildman–Crippen LogP) is 2.11. The fraction of sp³-hybridized carbons (Fsp3) is 0.150. The normalized spacial score (nSPS) is 11.1. The molecule has 0 bridgehead atoms. The Hall–Kier alpha value is -1.61. The van der Waals surface area contributed by atoms with Crippen molar-refractivity contribution in [2.45, 2.75) is 19.3 Å². The molecule has 0 aliphatic heterocycles. The molecule has 3 heteroatoms. The van der Waals surface area contributed by atoms with Crippen LogP contribution in [-0.2, 0) is 11.2 Å². The Kier molecular flexibility index (Phi) is 4.58. The second kappa shape index (κ2) is 6.48. The van der Waals surface area contributed by atoms with Crippen molar-refractivity contribution in [1.82, 2.24) is 0 Å². The summed E-state index contributed by atoms with van der Waals surface area (Å²) >= 11 is 0. The molecule has 4 aromatic rings. The van der Waals surface area contributed by atoms with Crippen LogP contribution in [-0.4, -0.2) is 11.1 Å². The molecule has 0 saturated carbocycles. The maximum absolute atomic E-state index is 10.7. The Balaban J connectivity index is 0.00000104. The molecule has 0 aromatic heterocycles. The molecule has 0 unspecified atom stereocenters. The summed E-state index contributed by atoms with van der Waals surface area (Å²) in [6.45, 7) is 0. The summed E-state index contributed by atoms with van der Waals surface area (Å²) in [7, 11) is 0. The third-order valence-electron chi connectivity index (χ3n) is 4.46. The van der Waals surface area contributed by atoms with Gasteiger partial charge in [0.2, 0.25) is 0 Å². The first-order valence-electron chi connectivity index (χ1n) is 7.61. The average molecular weight is 312 g/mol. The van der Waals surface area contributed by atoms with Gasteiger partial charge in [-0.2, -0.15) is 0 Å². The molecule has 0 saturated heterocycles. The molecule has 23 heavy (non-hydrogen) atoms. The van der Waals surface area contributed by atoms with Crippen molar-refractivity contribution in [3.8, 4) is 0 Å². The molecule has 0 aliphatic carbocycles. The van der Waals surface area contributed by atoms with Gasteiger partial charge in [-0.15, -0.1) is 0 Å². The SMILES string of the molecule is O=C(O)CCCc1ccc2ccc3cccc4ccc1c2c34.[H-].[Na+]. The largest absolute Gasteiger partial charge is 1.00 e. The quantitative estimate of drug-likeness (QED) is 0.463. The Bertz CT molecular complexity index is 981. The van der Waals surface area contributed by atoms with Gasteiger partial charge < -0.3 is 6.53 Å². The number of carboxylic acids is 1. The number of aliphatic carboxylic acids is 1. The first-order valence-corrected chi connectivity index (χ1v) is 7.61. The third-order valence-corrected chi connectivity index (χ3v) is 4.46. The Morgan fingerprint density at radius 2 is 1.48 bits per heavy atom. The monoisotopic (exact) mass is 312 g/mol. The Morgan fingerprint density at radius 1 is 0.870 bits per heavy atom. The van der Waals surface area contributed by atoms with Crippen LogP contribution in [0.4, 0.5) is 0 Å². The summed E-state index contributed by atoms with van der Waals surface area (Å²) in [6.07, 6.45) is 1.71. The van der Waals surface area contributed by atoms with Gasteiger partial charge >= 0.3 is 35.5 Å². The zero-order chi connectivity index (χ0) is 15.1. The molecule has 4 aromatic carbocycles. The van der Waals surface area contributed by atoms with Crippen molar-refractivity contribution in [3.05, 3.63) is 60.2 Å². The van der Waals surface area contributed by atoms with Crippen molar-refractivity contribution < 1.29 is 40.9 Å². The van der Waals surface area contributed by atoms with Crippen LogP contribution in [0.25, 0.3) is 32.3 Å². The van der Waals surface area contributed by atoms with Crippen molar-refractivity contribution in [1.29, 1.82) is 0 Å². The average Bonchev–Trinajstić information content (AvgIpc) is 2.53. The van der Waals surface area contributed by atoms with Gasteiger partial charge in [-0.25, -0.2) is 0 Å². The van der Waals surface area contributed by atoms with E-state index in [1.807, 2.05) is 0 Å². The van der Waals surface area contributed by atoms with Crippen molar-refractivity contribution in [3.63, 3.8) is 0 Å². The molecule has 0 radical (unpaired) electrons. The molecule has 0 fully saturated rings. The van der Waals surface area contributed by atoms with E-state index in [9.17, 15) is 4.79 Å². The number of carbonyl (C=O) groups is 1. The van der Waals surface area contributed by atoms with E-state index in [4.69, 9.17) is 5.11 Å². The van der Waals surface area contributed by atoms with Crippen molar-refractivity contribution in [2.75, 3.05) is 0 Å². The van der Waals surface area contributed by atoms with E-state index in [0.717, 1.165) is 6.42 Å². The fourth-order valence-corrected chi connectivity index (χ4v) is 3.44. The van der Waals surface area contributed by atoms with E-state index < -0.39 is 5.97 Å². The van der Waals surface area contributed by atoms with Crippen LogP contribution in [0, 0.1) is 0 Å². The second-order valence-corrected chi connectivity index (χ2v) is 5.83. The van der Waals surface area contributed by atoms with Crippen LogP contribution >= 0.6 is 0 Å². The summed E-state index contributed by atoms with van der Waals surface area (Å²) in [5.74, 6) is -0.724. The topological polar surface area (TPSA) is 37.3 Å². The number of hydrogen-bond acceptors (Lipinski definition) is 1. The molecular formula is C20H17NaO2. The van der Waals surface area contributed by atoms with Gasteiger partial charge in [0.25, 0.3) is 0 Å². The van der Waals surface area contributed by atoms with Gasteiger partial charge in [0.05, 0.1) is 0 Å². The summed E-state index contributed by atoms with van der Waals surface area (Å²) in [4.78, 5) is 10.7. The second-order valence-electron chi connectivity index (χ2n) is 5.83. The molecule has 2 nitrogen and oxygen atoms in total. The van der Waals surface area contributed by atoms with Crippen LogP contribution in [0.15, 0.2) is 54.6 Å². The number of rotatable bonds is 4. The number of aryl methyl sites for hydroxylation is 1. The minimum Gasteiger partial charge on any atom is -1.00 e. The summed E-state index contributed by atoms with van der Waals surface area (Å²) in [5, 5.41) is 16.5. The van der Waals surface area contributed by atoms with E-state index >= 15 is 0 Å². The van der Waals surface area contributed by atoms with Gasteiger partial charge in [0.1, 0.15) is 0 Å². The molecule has 0 spiro atoms. The Morgan fingerprint density at radius 3 is 2.17 bits per heavy atom. The van der Waals surface area contributed by atoms with E-state index in [-0.39, 0.29) is 37.4 Å². The molecular weight excluding hydrogens is 295 g/mol. The molecule has 0 aliphatic rings. The first-order chi connectivity index (χ1) is 10.7. The fourth-order valence-electron chi connectivity index (χ4n) is 3.44. The van der Waals surface area contributed by atoms with Crippen molar-refractivity contribution in [2.24, 2.45) is 0 Å². The van der Waals surface area contributed by atoms with E-state index in [1.165, 1.54) is 37.9 Å². The van der Waals surface area contributed by atoms with Gasteiger partial charge in [0, 0.05) is 6.42 Å². The van der Waals surface area contributed by atoms with Gasteiger partial charge in [0.15, 0.2) is 0 Å². The molecule has 1 N–H and O–H groups in total. The smallest absolute Gasteiger partial charge is 1.00 e. The standard InChI is InChI=1S/C20H16O2.Na.H/c21-18(22)6-2-3-13-7-8-16-10-9-14-4-1-5-15-11-12-17(13)20(16)19(14)15;;/h1,4-5,7-12H,2-3,6H2,(H,21,22);;/q;+1;-1. The van der Waals surface area contributed by atoms with Crippen molar-refractivity contribution >= 4 is 38.3 Å². The van der Waals surface area contributed by atoms with Gasteiger partial charge in [-0.05, 0) is 50.7 Å². The van der Waals surface area contributed by atoms with Gasteiger partial charge in [-0.3, -0.25) is 4.79 Å². The van der Waals surface area contributed by atoms with Crippen LogP contribution in [0.5, 0.6) is 0 Å². The van der Waals surface area contributed by atoms with Crippen LogP contribution in [0.3, 0.4) is 0 Å². The molecule has 0 heterocycles. The van der Waals surface area contributed by atoms with Gasteiger partial charge in [-0.1, -0.05) is 54.6 Å². The molecule has 110 valence electrons. The maximum Gasteiger partial charge on any atom is 1.00 e. The van der Waals surface area contributed by atoms with Crippen LogP contribution in [0.2, 0.25) is 0 Å². The van der Waals surface area contributed by atoms with Crippen LogP contribution in [0.1, 0.15) is 19.8 Å². The Labute approximate surface area is 158 Å². The minimum absolute atomic E-state index is 0.